The number of amides is 1. The molecule has 4 aromatic rings. The SMILES string of the molecule is Cc1[nH]c2ccccc2c1C(=O)C(=O)Nc1cccc(CSc2ccccn2)c1. The van der Waals surface area contributed by atoms with Crippen LogP contribution in [0.5, 0.6) is 0 Å². The smallest absolute Gasteiger partial charge is 0.296 e. The van der Waals surface area contributed by atoms with Crippen LogP contribution >= 0.6 is 11.8 Å². The summed E-state index contributed by atoms with van der Waals surface area (Å²) in [6, 6.07) is 20.8. The van der Waals surface area contributed by atoms with Gasteiger partial charge in [-0.1, -0.05) is 36.4 Å². The van der Waals surface area contributed by atoms with Gasteiger partial charge in [-0.15, -0.1) is 11.8 Å². The van der Waals surface area contributed by atoms with Gasteiger partial charge in [-0.2, -0.15) is 0 Å². The van der Waals surface area contributed by atoms with Crippen molar-refractivity contribution in [3.8, 4) is 0 Å². The molecule has 0 unspecified atom stereocenters. The van der Waals surface area contributed by atoms with Crippen LogP contribution in [-0.4, -0.2) is 21.7 Å². The Bertz CT molecular complexity index is 1190. The number of nitrogens with zero attached hydrogens (tertiary/aromatic N) is 1. The maximum atomic E-state index is 12.8. The van der Waals surface area contributed by atoms with E-state index in [0.29, 0.717) is 16.9 Å². The summed E-state index contributed by atoms with van der Waals surface area (Å²) in [6.07, 6.45) is 1.76. The van der Waals surface area contributed by atoms with Gasteiger partial charge >= 0.3 is 0 Å². The molecular formula is C23H19N3O2S. The average molecular weight is 401 g/mol. The highest BCUT2D eigenvalue weighted by Gasteiger charge is 2.22. The number of hydrogen-bond donors (Lipinski definition) is 2. The molecule has 2 heterocycles. The number of thioether (sulfide) groups is 1. The van der Waals surface area contributed by atoms with Crippen LogP contribution in [0.3, 0.4) is 0 Å². The van der Waals surface area contributed by atoms with Crippen molar-refractivity contribution in [1.29, 1.82) is 0 Å². The van der Waals surface area contributed by atoms with E-state index in [1.807, 2.05) is 60.7 Å². The number of nitrogens with one attached hydrogen (secondary N) is 2. The van der Waals surface area contributed by atoms with Gasteiger partial charge in [0.15, 0.2) is 0 Å². The van der Waals surface area contributed by atoms with Crippen LogP contribution in [0.25, 0.3) is 10.9 Å². The van der Waals surface area contributed by atoms with Crippen LogP contribution < -0.4 is 5.32 Å². The van der Waals surface area contributed by atoms with Crippen LogP contribution in [-0.2, 0) is 10.5 Å². The summed E-state index contributed by atoms with van der Waals surface area (Å²) in [5.41, 5.74) is 3.58. The number of Topliss-reactive ketones (excluding diaryl/α,β-unsaturated/α-hetero) is 1. The molecule has 0 aliphatic rings. The number of aryl methyl sites for hydroxylation is 1. The van der Waals surface area contributed by atoms with E-state index in [2.05, 4.69) is 15.3 Å². The lowest BCUT2D eigenvalue weighted by molar-refractivity contribution is -0.112. The lowest BCUT2D eigenvalue weighted by Crippen LogP contribution is -2.23. The maximum Gasteiger partial charge on any atom is 0.296 e. The monoisotopic (exact) mass is 401 g/mol. The van der Waals surface area contributed by atoms with E-state index < -0.39 is 11.7 Å². The molecule has 6 heteroatoms. The topological polar surface area (TPSA) is 74.8 Å². The highest BCUT2D eigenvalue weighted by Crippen LogP contribution is 2.24. The molecule has 0 atom stereocenters. The number of hydrogen-bond acceptors (Lipinski definition) is 4. The molecule has 1 amide bonds. The highest BCUT2D eigenvalue weighted by molar-refractivity contribution is 7.98. The molecule has 0 saturated heterocycles. The number of rotatable bonds is 6. The van der Waals surface area contributed by atoms with Crippen LogP contribution in [0.4, 0.5) is 5.69 Å². The number of benzene rings is 2. The van der Waals surface area contributed by atoms with Gasteiger partial charge in [0.05, 0.1) is 10.6 Å². The molecular weight excluding hydrogens is 382 g/mol. The molecule has 2 aromatic heterocycles. The van der Waals surface area contributed by atoms with Crippen molar-refractivity contribution in [1.82, 2.24) is 9.97 Å². The van der Waals surface area contributed by atoms with Crippen LogP contribution in [0.2, 0.25) is 0 Å². The number of aromatic amines is 1. The number of anilines is 1. The Labute approximate surface area is 172 Å². The second-order valence-electron chi connectivity index (χ2n) is 6.61. The molecule has 0 bridgehead atoms. The summed E-state index contributed by atoms with van der Waals surface area (Å²) in [5.74, 6) is -0.475. The highest BCUT2D eigenvalue weighted by atomic mass is 32.2. The zero-order valence-corrected chi connectivity index (χ0v) is 16.6. The molecule has 0 aliphatic heterocycles. The fourth-order valence-corrected chi connectivity index (χ4v) is 4.00. The Balaban J connectivity index is 1.48. The minimum absolute atomic E-state index is 0.417. The summed E-state index contributed by atoms with van der Waals surface area (Å²) < 4.78 is 0. The fourth-order valence-electron chi connectivity index (χ4n) is 3.20. The molecule has 5 nitrogen and oxygen atoms in total. The molecule has 29 heavy (non-hydrogen) atoms. The van der Waals surface area contributed by atoms with Gasteiger partial charge in [0.25, 0.3) is 11.7 Å². The summed E-state index contributed by atoms with van der Waals surface area (Å²) in [4.78, 5) is 32.9. The Kier molecular flexibility index (Phi) is 5.44. The van der Waals surface area contributed by atoms with Gasteiger partial charge < -0.3 is 10.3 Å². The number of para-hydroxylation sites is 1. The van der Waals surface area contributed by atoms with Crippen molar-refractivity contribution >= 4 is 40.0 Å². The van der Waals surface area contributed by atoms with Crippen LogP contribution in [0.1, 0.15) is 21.6 Å². The molecule has 0 radical (unpaired) electrons. The zero-order chi connectivity index (χ0) is 20.2. The third-order valence-electron chi connectivity index (χ3n) is 4.54. The van der Waals surface area contributed by atoms with E-state index in [1.165, 1.54) is 0 Å². The van der Waals surface area contributed by atoms with Crippen molar-refractivity contribution in [2.24, 2.45) is 0 Å². The van der Waals surface area contributed by atoms with Gasteiger partial charge in [-0.3, -0.25) is 9.59 Å². The van der Waals surface area contributed by atoms with Crippen molar-refractivity contribution < 1.29 is 9.59 Å². The molecule has 0 aliphatic carbocycles. The van der Waals surface area contributed by atoms with Crippen molar-refractivity contribution in [3.63, 3.8) is 0 Å². The quantitative estimate of drug-likeness (QED) is 0.271. The number of fused-ring (bicyclic) bond motifs is 1. The first-order valence-corrected chi connectivity index (χ1v) is 10.2. The Morgan fingerprint density at radius 1 is 1.03 bits per heavy atom. The molecule has 0 fully saturated rings. The van der Waals surface area contributed by atoms with Crippen LogP contribution in [0, 0.1) is 6.92 Å². The number of ketones is 1. The van der Waals surface area contributed by atoms with Gasteiger partial charge in [-0.05, 0) is 42.8 Å². The predicted octanol–water partition coefficient (Wildman–Crippen LogP) is 4.99. The first-order valence-electron chi connectivity index (χ1n) is 9.17. The number of carbonyl (C=O) groups is 2. The predicted molar refractivity (Wildman–Crippen MR) is 116 cm³/mol. The Morgan fingerprint density at radius 2 is 1.86 bits per heavy atom. The Hall–Kier alpha value is -3.38. The van der Waals surface area contributed by atoms with Crippen molar-refractivity contribution in [2.75, 3.05) is 5.32 Å². The normalized spacial score (nSPS) is 10.8. The molecule has 0 spiro atoms. The van der Waals surface area contributed by atoms with Gasteiger partial charge in [0.1, 0.15) is 0 Å². The minimum atomic E-state index is -0.646. The minimum Gasteiger partial charge on any atom is -0.358 e. The van der Waals surface area contributed by atoms with Gasteiger partial charge in [-0.25, -0.2) is 4.98 Å². The van der Waals surface area contributed by atoms with E-state index in [-0.39, 0.29) is 0 Å². The van der Waals surface area contributed by atoms with Crippen molar-refractivity contribution in [2.45, 2.75) is 17.7 Å². The third kappa shape index (κ3) is 4.22. The molecule has 2 N–H and O–H groups in total. The van der Waals surface area contributed by atoms with E-state index in [9.17, 15) is 9.59 Å². The second kappa shape index (κ2) is 8.32. The fraction of sp³-hybridized carbons (Fsp3) is 0.0870. The molecule has 144 valence electrons. The number of pyridine rings is 1. The molecule has 2 aromatic carbocycles. The van der Waals surface area contributed by atoms with Crippen molar-refractivity contribution in [3.05, 3.63) is 89.7 Å². The summed E-state index contributed by atoms with van der Waals surface area (Å²) in [7, 11) is 0. The standard InChI is InChI=1S/C23H19N3O2S/c1-15-21(18-9-2-3-10-19(18)25-15)22(27)23(28)26-17-8-6-7-16(13-17)14-29-20-11-4-5-12-24-20/h2-13,25H,14H2,1H3,(H,26,28). The van der Waals surface area contributed by atoms with Gasteiger partial charge in [0.2, 0.25) is 0 Å². The molecule has 0 saturated carbocycles. The summed E-state index contributed by atoms with van der Waals surface area (Å²) in [6.45, 7) is 1.80. The average Bonchev–Trinajstić information content (AvgIpc) is 3.08. The summed E-state index contributed by atoms with van der Waals surface area (Å²) >= 11 is 1.61. The van der Waals surface area contributed by atoms with E-state index in [4.69, 9.17) is 0 Å². The first kappa shape index (κ1) is 19.0. The largest absolute Gasteiger partial charge is 0.358 e. The second-order valence-corrected chi connectivity index (χ2v) is 7.61. The maximum absolute atomic E-state index is 12.8. The number of aromatic nitrogens is 2. The van der Waals surface area contributed by atoms with E-state index in [0.717, 1.165) is 27.2 Å². The molecule has 4 rings (SSSR count). The summed E-state index contributed by atoms with van der Waals surface area (Å²) in [5, 5.41) is 4.43. The number of H-pyrrole nitrogens is 1. The lowest BCUT2D eigenvalue weighted by Gasteiger charge is -2.07. The Morgan fingerprint density at radius 3 is 2.69 bits per heavy atom. The number of carbonyl (C=O) groups excluding carboxylic acids is 2. The lowest BCUT2D eigenvalue weighted by atomic mass is 10.1. The van der Waals surface area contributed by atoms with Gasteiger partial charge in [0, 0.05) is 34.2 Å². The van der Waals surface area contributed by atoms with E-state index in [1.54, 1.807) is 30.9 Å². The zero-order valence-electron chi connectivity index (χ0n) is 15.8. The third-order valence-corrected chi connectivity index (χ3v) is 5.55. The van der Waals surface area contributed by atoms with E-state index >= 15 is 0 Å². The first-order chi connectivity index (χ1) is 14.1. The van der Waals surface area contributed by atoms with Crippen LogP contribution in [0.15, 0.2) is 78.0 Å².